The van der Waals surface area contributed by atoms with Crippen LogP contribution in [0.3, 0.4) is 0 Å². The minimum absolute atomic E-state index is 0.151. The summed E-state index contributed by atoms with van der Waals surface area (Å²) in [5.41, 5.74) is -0.0919. The van der Waals surface area contributed by atoms with Gasteiger partial charge in [-0.25, -0.2) is 0 Å². The van der Waals surface area contributed by atoms with Crippen molar-refractivity contribution in [2.24, 2.45) is 5.92 Å². The van der Waals surface area contributed by atoms with Gasteiger partial charge in [-0.3, -0.25) is 9.69 Å². The highest BCUT2D eigenvalue weighted by atomic mass is 16.5. The minimum Gasteiger partial charge on any atom is -0.492 e. The molecule has 1 amide bonds. The number of carbonyl (C=O) groups is 1. The second kappa shape index (κ2) is 9.20. The first kappa shape index (κ1) is 19.7. The summed E-state index contributed by atoms with van der Waals surface area (Å²) in [6.07, 6.45) is 2.57. The van der Waals surface area contributed by atoms with Crippen molar-refractivity contribution in [1.82, 2.24) is 4.90 Å². The summed E-state index contributed by atoms with van der Waals surface area (Å²) in [4.78, 5) is 14.7. The van der Waals surface area contributed by atoms with Gasteiger partial charge in [0.1, 0.15) is 18.0 Å². The maximum absolute atomic E-state index is 12.2. The predicted molar refractivity (Wildman–Crippen MR) is 101 cm³/mol. The number of benzene rings is 1. The van der Waals surface area contributed by atoms with Gasteiger partial charge in [-0.05, 0) is 76.9 Å². The number of piperidine rings is 1. The Hall–Kier alpha value is -1.59. The van der Waals surface area contributed by atoms with Crippen LogP contribution in [0.1, 0.15) is 40.5 Å². The summed E-state index contributed by atoms with van der Waals surface area (Å²) in [5, 5.41) is 2.88. The molecule has 0 spiro atoms. The van der Waals surface area contributed by atoms with Gasteiger partial charge in [-0.2, -0.15) is 0 Å². The van der Waals surface area contributed by atoms with E-state index in [0.717, 1.165) is 23.9 Å². The Morgan fingerprint density at radius 3 is 2.48 bits per heavy atom. The van der Waals surface area contributed by atoms with E-state index in [1.54, 1.807) is 13.8 Å². The van der Waals surface area contributed by atoms with Crippen LogP contribution >= 0.6 is 0 Å². The molecule has 0 saturated carbocycles. The van der Waals surface area contributed by atoms with Crippen molar-refractivity contribution >= 4 is 11.6 Å². The van der Waals surface area contributed by atoms with Crippen molar-refractivity contribution in [2.75, 3.05) is 38.2 Å². The number of amides is 1. The quantitative estimate of drug-likeness (QED) is 0.780. The second-order valence-corrected chi connectivity index (χ2v) is 7.29. The number of hydrogen-bond acceptors (Lipinski definition) is 4. The molecule has 0 atom stereocenters. The largest absolute Gasteiger partial charge is 0.492 e. The van der Waals surface area contributed by atoms with Crippen molar-refractivity contribution in [2.45, 2.75) is 46.1 Å². The zero-order valence-corrected chi connectivity index (χ0v) is 16.0. The molecule has 140 valence electrons. The smallest absolute Gasteiger partial charge is 0.256 e. The lowest BCUT2D eigenvalue weighted by molar-refractivity contribution is -0.136. The normalized spacial score (nSPS) is 16.6. The van der Waals surface area contributed by atoms with Gasteiger partial charge in [-0.1, -0.05) is 6.92 Å². The molecule has 1 aromatic rings. The van der Waals surface area contributed by atoms with Crippen molar-refractivity contribution < 1.29 is 14.3 Å². The molecule has 1 aromatic carbocycles. The third-order valence-corrected chi connectivity index (χ3v) is 4.72. The van der Waals surface area contributed by atoms with Crippen LogP contribution < -0.4 is 10.1 Å². The molecule has 1 aliphatic heterocycles. The number of anilines is 1. The number of ether oxygens (including phenoxy) is 2. The van der Waals surface area contributed by atoms with Gasteiger partial charge in [0.05, 0.1) is 0 Å². The molecule has 0 aliphatic carbocycles. The molecule has 1 saturated heterocycles. The van der Waals surface area contributed by atoms with Crippen LogP contribution in [0.5, 0.6) is 5.75 Å². The molecule has 0 radical (unpaired) electrons. The van der Waals surface area contributed by atoms with Gasteiger partial charge >= 0.3 is 0 Å². The lowest BCUT2D eigenvalue weighted by Crippen LogP contribution is -2.39. The Morgan fingerprint density at radius 2 is 1.88 bits per heavy atom. The highest BCUT2D eigenvalue weighted by Gasteiger charge is 2.27. The van der Waals surface area contributed by atoms with Crippen LogP contribution in [0.4, 0.5) is 5.69 Å². The van der Waals surface area contributed by atoms with Gasteiger partial charge in [0.2, 0.25) is 0 Å². The highest BCUT2D eigenvalue weighted by molar-refractivity contribution is 5.96. The molecule has 1 fully saturated rings. The first-order valence-electron chi connectivity index (χ1n) is 9.31. The van der Waals surface area contributed by atoms with Gasteiger partial charge in [-0.15, -0.1) is 0 Å². The van der Waals surface area contributed by atoms with Gasteiger partial charge in [0.25, 0.3) is 5.91 Å². The SMILES string of the molecule is CCOC(C)(C)C(=O)Nc1ccc(OCCN2CCC(C)CC2)cc1. The van der Waals surface area contributed by atoms with Crippen LogP contribution in [0.15, 0.2) is 24.3 Å². The van der Waals surface area contributed by atoms with E-state index in [0.29, 0.717) is 13.2 Å². The van der Waals surface area contributed by atoms with Crippen molar-refractivity contribution in [3.63, 3.8) is 0 Å². The Kier molecular flexibility index (Phi) is 7.26. The zero-order valence-electron chi connectivity index (χ0n) is 16.0. The van der Waals surface area contributed by atoms with Crippen LogP contribution in [-0.2, 0) is 9.53 Å². The van der Waals surface area contributed by atoms with Crippen LogP contribution in [0.2, 0.25) is 0 Å². The number of carbonyl (C=O) groups excluding carboxylic acids is 1. The van der Waals surface area contributed by atoms with E-state index in [4.69, 9.17) is 9.47 Å². The number of nitrogens with zero attached hydrogens (tertiary/aromatic N) is 1. The van der Waals surface area contributed by atoms with Crippen LogP contribution in [-0.4, -0.2) is 49.3 Å². The fourth-order valence-electron chi connectivity index (χ4n) is 2.92. The Bertz CT molecular complexity index is 534. The number of nitrogens with one attached hydrogen (secondary N) is 1. The van der Waals surface area contributed by atoms with Crippen LogP contribution in [0.25, 0.3) is 0 Å². The van der Waals surface area contributed by atoms with Gasteiger partial charge in [0.15, 0.2) is 0 Å². The highest BCUT2D eigenvalue weighted by Crippen LogP contribution is 2.19. The van der Waals surface area contributed by atoms with E-state index in [1.165, 1.54) is 25.9 Å². The average molecular weight is 348 g/mol. The van der Waals surface area contributed by atoms with Gasteiger partial charge in [0, 0.05) is 18.8 Å². The van der Waals surface area contributed by atoms with E-state index < -0.39 is 5.60 Å². The maximum atomic E-state index is 12.2. The van der Waals surface area contributed by atoms with E-state index in [2.05, 4.69) is 17.1 Å². The standard InChI is InChI=1S/C20H32N2O3/c1-5-25-20(3,4)19(23)21-17-6-8-18(9-7-17)24-15-14-22-12-10-16(2)11-13-22/h6-9,16H,5,10-15H2,1-4H3,(H,21,23). The Morgan fingerprint density at radius 1 is 1.24 bits per heavy atom. The summed E-state index contributed by atoms with van der Waals surface area (Å²) >= 11 is 0. The van der Waals surface area contributed by atoms with E-state index >= 15 is 0 Å². The lowest BCUT2D eigenvalue weighted by atomic mass is 9.99. The summed E-state index contributed by atoms with van der Waals surface area (Å²) in [6, 6.07) is 7.50. The molecule has 0 bridgehead atoms. The molecule has 0 unspecified atom stereocenters. The van der Waals surface area contributed by atoms with Crippen molar-refractivity contribution in [3.05, 3.63) is 24.3 Å². The molecule has 25 heavy (non-hydrogen) atoms. The van der Waals surface area contributed by atoms with Gasteiger partial charge < -0.3 is 14.8 Å². The monoisotopic (exact) mass is 348 g/mol. The van der Waals surface area contributed by atoms with Crippen LogP contribution in [0, 0.1) is 5.92 Å². The number of likely N-dealkylation sites (tertiary alicyclic amines) is 1. The first-order valence-corrected chi connectivity index (χ1v) is 9.31. The molecule has 2 rings (SSSR count). The lowest BCUT2D eigenvalue weighted by Gasteiger charge is -2.29. The molecule has 5 nitrogen and oxygen atoms in total. The van der Waals surface area contributed by atoms with Crippen molar-refractivity contribution in [3.8, 4) is 5.75 Å². The fraction of sp³-hybridized carbons (Fsp3) is 0.650. The summed E-state index contributed by atoms with van der Waals surface area (Å²) < 4.78 is 11.3. The zero-order chi connectivity index (χ0) is 18.3. The minimum atomic E-state index is -0.837. The number of hydrogen-bond donors (Lipinski definition) is 1. The second-order valence-electron chi connectivity index (χ2n) is 7.29. The Balaban J connectivity index is 1.75. The fourth-order valence-corrected chi connectivity index (χ4v) is 2.92. The maximum Gasteiger partial charge on any atom is 0.256 e. The first-order chi connectivity index (χ1) is 11.9. The van der Waals surface area contributed by atoms with E-state index in [9.17, 15) is 4.79 Å². The van der Waals surface area contributed by atoms with Crippen molar-refractivity contribution in [1.29, 1.82) is 0 Å². The summed E-state index contributed by atoms with van der Waals surface area (Å²) in [7, 11) is 0. The molecule has 0 aromatic heterocycles. The third kappa shape index (κ3) is 6.33. The van der Waals surface area contributed by atoms with E-state index in [1.807, 2.05) is 31.2 Å². The van der Waals surface area contributed by atoms with E-state index in [-0.39, 0.29) is 5.91 Å². The molecular weight excluding hydrogens is 316 g/mol. The molecule has 1 heterocycles. The molecule has 5 heteroatoms. The molecule has 1 aliphatic rings. The molecule has 1 N–H and O–H groups in total. The molecular formula is C20H32N2O3. The summed E-state index contributed by atoms with van der Waals surface area (Å²) in [6.45, 7) is 12.2. The predicted octanol–water partition coefficient (Wildman–Crippen LogP) is 3.55. The number of rotatable bonds is 8. The topological polar surface area (TPSA) is 50.8 Å². The third-order valence-electron chi connectivity index (χ3n) is 4.72. The average Bonchev–Trinajstić information content (AvgIpc) is 2.58. The summed E-state index contributed by atoms with van der Waals surface area (Å²) in [5.74, 6) is 1.53. The Labute approximate surface area is 151 Å².